The normalized spacial score (nSPS) is 109. The van der Waals surface area contributed by atoms with E-state index in [0.29, 0.717) is 8.53 Å². The van der Waals surface area contributed by atoms with Crippen LogP contribution in [0.15, 0.2) is 0 Å². The van der Waals surface area contributed by atoms with E-state index in [4.69, 9.17) is 15.0 Å². The summed E-state index contributed by atoms with van der Waals surface area (Å²) in [4.78, 5) is 6.79. The summed E-state index contributed by atoms with van der Waals surface area (Å²) in [6.07, 6.45) is 0. The number of rotatable bonds is 1. The summed E-state index contributed by atoms with van der Waals surface area (Å²) in [5.74, 6) is 0. The van der Waals surface area contributed by atoms with Gasteiger partial charge in [-0.3, -0.25) is 0 Å². The first-order chi connectivity index (χ1) is 10.3. The van der Waals surface area contributed by atoms with Crippen LogP contribution in [0.25, 0.3) is 0 Å². The van der Waals surface area contributed by atoms with Gasteiger partial charge in [0.05, 0.1) is 0 Å². The van der Waals surface area contributed by atoms with Crippen molar-refractivity contribution >= 4 is 7.12 Å². The van der Waals surface area contributed by atoms with Crippen LogP contribution in [0, 0.1) is 0 Å². The second-order valence-electron chi connectivity index (χ2n) is 14.3. The van der Waals surface area contributed by atoms with E-state index in [1.54, 1.807) is 0 Å². The van der Waals surface area contributed by atoms with Gasteiger partial charge in [0, 0.05) is 0 Å². The maximum atomic E-state index is 7.56. The van der Waals surface area contributed by atoms with Gasteiger partial charge in [-0.2, -0.15) is 0 Å². The Morgan fingerprint density at radius 2 is 1.26 bits per heavy atom. The number of fused-ring (bicyclic) bond motifs is 10. The molecule has 0 radical (unpaired) electrons. The summed E-state index contributed by atoms with van der Waals surface area (Å²) >= 11 is 0. The van der Waals surface area contributed by atoms with Gasteiger partial charge in [-0.05, 0) is 0 Å². The molecule has 23 heavy (non-hydrogen) atoms. The molecule has 3 nitrogen and oxygen atoms in total. The van der Waals surface area contributed by atoms with Crippen LogP contribution in [0.1, 0.15) is 41.5 Å². The van der Waals surface area contributed by atoms with Gasteiger partial charge in [0.2, 0.25) is 0 Å². The summed E-state index contributed by atoms with van der Waals surface area (Å²) in [5.41, 5.74) is 7.16. The number of hydrogen-bond donors (Lipinski definition) is 1. The molecular formula is C18H26BFeNO2. The molecular weight excluding hydrogens is 329 g/mol. The molecule has 2 N–H and O–H groups in total. The van der Waals surface area contributed by atoms with Crippen molar-refractivity contribution in [3.05, 3.63) is 0 Å². The van der Waals surface area contributed by atoms with Gasteiger partial charge in [-0.15, -0.1) is 0 Å². The van der Waals surface area contributed by atoms with Crippen molar-refractivity contribution in [3.8, 4) is 0 Å². The molecule has 5 heteroatoms. The fraction of sp³-hybridized carbons (Fsp3) is 1.00. The van der Waals surface area contributed by atoms with Gasteiger partial charge in [0.1, 0.15) is 0 Å². The zero-order valence-corrected chi connectivity index (χ0v) is 15.9. The van der Waals surface area contributed by atoms with E-state index < -0.39 is 6.51 Å². The molecule has 0 aromatic rings. The Hall–Kier alpha value is 0.464. The maximum absolute atomic E-state index is 7.56. The van der Waals surface area contributed by atoms with Crippen molar-refractivity contribution in [1.29, 1.82) is 0 Å². The van der Waals surface area contributed by atoms with Gasteiger partial charge in [-0.1, -0.05) is 0 Å². The van der Waals surface area contributed by atoms with Gasteiger partial charge in [0.25, 0.3) is 0 Å². The van der Waals surface area contributed by atoms with Gasteiger partial charge >= 0.3 is 128 Å². The van der Waals surface area contributed by atoms with Gasteiger partial charge < -0.3 is 0 Å². The molecule has 126 valence electrons. The van der Waals surface area contributed by atoms with E-state index in [2.05, 4.69) is 41.5 Å². The monoisotopic (exact) mass is 355 g/mol. The van der Waals surface area contributed by atoms with Crippen LogP contribution < -0.4 is 5.73 Å². The Balaban J connectivity index is 1.38. The van der Waals surface area contributed by atoms with Crippen molar-refractivity contribution in [2.24, 2.45) is 5.73 Å². The Labute approximate surface area is 127 Å². The molecule has 11 fully saturated rings. The van der Waals surface area contributed by atoms with E-state index in [1.165, 1.54) is 0 Å². The Kier molecular flexibility index (Phi) is 0.436. The topological polar surface area (TPSA) is 44.5 Å². The van der Waals surface area contributed by atoms with E-state index in [0.717, 1.165) is 33.2 Å². The molecule has 0 bridgehead atoms. The Morgan fingerprint density at radius 3 is 1.48 bits per heavy atom. The second kappa shape index (κ2) is 0.948. The first kappa shape index (κ1) is 10.6. The number of nitrogens with two attached hydrogens (primary N) is 1. The third-order valence-electron chi connectivity index (χ3n) is 19.6. The molecule has 0 aliphatic carbocycles. The summed E-state index contributed by atoms with van der Waals surface area (Å²) in [5, 5.41) is 0. The standard InChI is InChI=1S/C13H21BNO2.C5H5.Fe/c1-8-7-10(15)11(9(8)2)14-16-12(3,4)13(5,6)17-14;1-2-4-5-3-1;/h7H,15H2,1-6H3;1-5H;. The van der Waals surface area contributed by atoms with E-state index in [-0.39, 0.29) is 22.8 Å². The summed E-state index contributed by atoms with van der Waals surface area (Å²) in [6.45, 7) is 10.6. The molecule has 5 atom stereocenters. The first-order valence-electron chi connectivity index (χ1n) is 9.63. The summed E-state index contributed by atoms with van der Waals surface area (Å²) in [6, 6.07) is 0. The van der Waals surface area contributed by atoms with Crippen molar-refractivity contribution in [2.45, 2.75) is 98.9 Å². The van der Waals surface area contributed by atoms with Gasteiger partial charge in [0.15, 0.2) is 0 Å². The summed E-state index contributed by atoms with van der Waals surface area (Å²) < 4.78 is 15.6. The third-order valence-corrected chi connectivity index (χ3v) is 66.1. The van der Waals surface area contributed by atoms with E-state index in [1.807, 2.05) is 0 Å². The quantitative estimate of drug-likeness (QED) is 0.723. The predicted molar refractivity (Wildman–Crippen MR) is 84.9 cm³/mol. The van der Waals surface area contributed by atoms with Crippen LogP contribution in [-0.4, -0.2) is 22.8 Å². The first-order valence-corrected chi connectivity index (χ1v) is 15.7. The van der Waals surface area contributed by atoms with Crippen molar-refractivity contribution in [3.63, 3.8) is 0 Å². The molecule has 5 unspecified atom stereocenters. The van der Waals surface area contributed by atoms with Crippen LogP contribution in [-0.2, 0) is 15.8 Å². The minimum absolute atomic E-state index is 0.0262. The van der Waals surface area contributed by atoms with Crippen LogP contribution >= 0.6 is 0 Å². The summed E-state index contributed by atoms with van der Waals surface area (Å²) in [7, 11) is 0.0262. The predicted octanol–water partition coefficient (Wildman–Crippen LogP) is 4.02. The van der Waals surface area contributed by atoms with E-state index >= 15 is 0 Å². The molecule has 11 rings (SSSR count). The second-order valence-corrected chi connectivity index (χ2v) is 37.5. The molecule has 11 heterocycles. The van der Waals surface area contributed by atoms with Crippen molar-refractivity contribution in [1.82, 2.24) is 0 Å². The zero-order valence-electron chi connectivity index (χ0n) is 14.8. The fourth-order valence-electron chi connectivity index (χ4n) is 21.6. The SMILES string of the molecule is CC1(C)OB([C]23[C]4(N)[CH]5[C]6(C)[C]2(C)[Fe]56432789[CH]3[CH]2[CH]7[CH]8[CH]39)OC1(C)C. The molecule has 11 saturated heterocycles. The molecule has 0 aromatic carbocycles. The molecule has 11 aliphatic rings. The van der Waals surface area contributed by atoms with Gasteiger partial charge in [-0.25, -0.2) is 0 Å². The third kappa shape index (κ3) is 0.120. The van der Waals surface area contributed by atoms with E-state index in [9.17, 15) is 0 Å². The van der Waals surface area contributed by atoms with Crippen LogP contribution in [0.2, 0.25) is 41.7 Å². The Bertz CT molecular complexity index is 1260. The molecule has 0 amide bonds. The Morgan fingerprint density at radius 1 is 0.826 bits per heavy atom. The zero-order chi connectivity index (χ0) is 15.8. The van der Waals surface area contributed by atoms with Crippen LogP contribution in [0.3, 0.4) is 0 Å². The van der Waals surface area contributed by atoms with Crippen molar-refractivity contribution in [2.75, 3.05) is 0 Å². The number of hydrogen-bond acceptors (Lipinski definition) is 3. The molecule has 1 spiro atoms. The average Bonchev–Trinajstić information content (AvgIpc) is 3.34. The average molecular weight is 355 g/mol. The van der Waals surface area contributed by atoms with Crippen LogP contribution in [0.4, 0.5) is 0 Å². The molecule has 0 saturated carbocycles. The molecule has 11 aliphatic heterocycles. The van der Waals surface area contributed by atoms with Crippen LogP contribution in [0.5, 0.6) is 0 Å². The molecule has 0 aromatic heterocycles. The van der Waals surface area contributed by atoms with Crippen molar-refractivity contribution < 1.29 is 15.8 Å². The minimum atomic E-state index is -3.77. The fourth-order valence-corrected chi connectivity index (χ4v) is 102.